The Bertz CT molecular complexity index is 924. The molecule has 0 aliphatic carbocycles. The third-order valence-electron chi connectivity index (χ3n) is 2.77. The first-order valence-corrected chi connectivity index (χ1v) is 8.16. The quantitative estimate of drug-likeness (QED) is 0.422. The average molecular weight is 354 g/mol. The second-order valence-electron chi connectivity index (χ2n) is 4.23. The molecule has 3 N–H and O–H groups in total. The van der Waals surface area contributed by atoms with Gasteiger partial charge in [-0.3, -0.25) is 4.79 Å². The van der Waals surface area contributed by atoms with Crippen LogP contribution in [0, 0.1) is 4.91 Å². The van der Waals surface area contributed by atoms with Gasteiger partial charge < -0.3 is 10.7 Å². The Balaban J connectivity index is 1.88. The molecule has 7 nitrogen and oxygen atoms in total. The molecule has 0 unspecified atom stereocenters. The predicted molar refractivity (Wildman–Crippen MR) is 88.9 cm³/mol. The first-order valence-electron chi connectivity index (χ1n) is 5.98. The molecule has 3 rings (SSSR count). The first kappa shape index (κ1) is 14.9. The van der Waals surface area contributed by atoms with Gasteiger partial charge in [-0.15, -0.1) is 4.91 Å². The van der Waals surface area contributed by atoms with Crippen molar-refractivity contribution in [3.8, 4) is 0 Å². The van der Waals surface area contributed by atoms with E-state index in [0.717, 1.165) is 11.3 Å². The SMILES string of the molecule is Nc1nc2nc(SCc3ccc(Cl)cc3N=O)[nH]c(=O)c2s1. The van der Waals surface area contributed by atoms with Gasteiger partial charge >= 0.3 is 0 Å². The lowest BCUT2D eigenvalue weighted by Gasteiger charge is -2.03. The molecular formula is C12H8ClN5O2S2. The molecule has 0 saturated heterocycles. The second-order valence-corrected chi connectivity index (χ2v) is 6.66. The standard InChI is InChI=1S/C12H8ClN5O2S2/c13-6-2-1-5(7(3-6)18-20)4-21-12-16-9-8(10(19)17-12)22-11(14)15-9/h1-3H,4H2,(H3,14,15,16,17,19). The highest BCUT2D eigenvalue weighted by molar-refractivity contribution is 7.98. The summed E-state index contributed by atoms with van der Waals surface area (Å²) < 4.78 is 0.392. The number of benzene rings is 1. The number of nitrogen functional groups attached to an aromatic ring is 1. The van der Waals surface area contributed by atoms with E-state index in [-0.39, 0.29) is 11.2 Å². The van der Waals surface area contributed by atoms with Gasteiger partial charge in [0.25, 0.3) is 5.56 Å². The van der Waals surface area contributed by atoms with E-state index in [2.05, 4.69) is 20.1 Å². The van der Waals surface area contributed by atoms with Crippen molar-refractivity contribution in [2.24, 2.45) is 5.18 Å². The number of halogens is 1. The molecule has 0 atom stereocenters. The van der Waals surface area contributed by atoms with Gasteiger partial charge in [-0.1, -0.05) is 40.8 Å². The number of nitrogens with one attached hydrogen (secondary N) is 1. The van der Waals surface area contributed by atoms with Gasteiger partial charge in [0, 0.05) is 10.8 Å². The molecule has 3 aromatic rings. The Hall–Kier alpha value is -1.97. The number of aromatic amines is 1. The van der Waals surface area contributed by atoms with Gasteiger partial charge in [0.1, 0.15) is 10.4 Å². The Kier molecular flexibility index (Phi) is 4.10. The summed E-state index contributed by atoms with van der Waals surface area (Å²) in [6.07, 6.45) is 0. The van der Waals surface area contributed by atoms with Crippen LogP contribution in [0.5, 0.6) is 0 Å². The van der Waals surface area contributed by atoms with Crippen LogP contribution in [-0.4, -0.2) is 15.0 Å². The van der Waals surface area contributed by atoms with Crippen molar-refractivity contribution in [2.45, 2.75) is 10.9 Å². The van der Waals surface area contributed by atoms with Crippen molar-refractivity contribution < 1.29 is 0 Å². The fourth-order valence-electron chi connectivity index (χ4n) is 1.79. The molecule has 22 heavy (non-hydrogen) atoms. The van der Waals surface area contributed by atoms with Crippen molar-refractivity contribution in [1.29, 1.82) is 0 Å². The molecule has 0 aliphatic rings. The predicted octanol–water partition coefficient (Wildman–Crippen LogP) is 3.31. The normalized spacial score (nSPS) is 11.0. The highest BCUT2D eigenvalue weighted by Gasteiger charge is 2.11. The summed E-state index contributed by atoms with van der Waals surface area (Å²) in [5, 5.41) is 4.08. The minimum Gasteiger partial charge on any atom is -0.375 e. The minimum atomic E-state index is -0.286. The summed E-state index contributed by atoms with van der Waals surface area (Å²) in [6.45, 7) is 0. The fourth-order valence-corrected chi connectivity index (χ4v) is 3.47. The molecule has 1 aromatic carbocycles. The lowest BCUT2D eigenvalue weighted by Crippen LogP contribution is -2.07. The van der Waals surface area contributed by atoms with E-state index in [0.29, 0.717) is 37.0 Å². The Morgan fingerprint density at radius 1 is 1.41 bits per heavy atom. The maximum absolute atomic E-state index is 11.9. The molecule has 0 aliphatic heterocycles. The van der Waals surface area contributed by atoms with E-state index in [9.17, 15) is 9.70 Å². The molecule has 0 saturated carbocycles. The van der Waals surface area contributed by atoms with E-state index in [1.165, 1.54) is 17.8 Å². The fraction of sp³-hybridized carbons (Fsp3) is 0.0833. The number of nitrogens with zero attached hydrogens (tertiary/aromatic N) is 3. The number of rotatable bonds is 4. The maximum Gasteiger partial charge on any atom is 0.271 e. The average Bonchev–Trinajstić information content (AvgIpc) is 2.87. The van der Waals surface area contributed by atoms with Crippen LogP contribution in [0.1, 0.15) is 5.56 Å². The smallest absolute Gasteiger partial charge is 0.271 e. The molecule has 0 amide bonds. The summed E-state index contributed by atoms with van der Waals surface area (Å²) >= 11 is 8.17. The highest BCUT2D eigenvalue weighted by Crippen LogP contribution is 2.29. The number of nitrogens with two attached hydrogens (primary N) is 1. The zero-order valence-corrected chi connectivity index (χ0v) is 13.3. The Morgan fingerprint density at radius 3 is 3.00 bits per heavy atom. The van der Waals surface area contributed by atoms with Crippen LogP contribution in [0.2, 0.25) is 5.02 Å². The van der Waals surface area contributed by atoms with Crippen LogP contribution < -0.4 is 11.3 Å². The van der Waals surface area contributed by atoms with Crippen molar-refractivity contribution in [2.75, 3.05) is 5.73 Å². The lowest BCUT2D eigenvalue weighted by molar-refractivity contribution is 0.968. The molecular weight excluding hydrogens is 346 g/mol. The summed E-state index contributed by atoms with van der Waals surface area (Å²) in [6, 6.07) is 4.88. The zero-order valence-electron chi connectivity index (χ0n) is 10.9. The van der Waals surface area contributed by atoms with Crippen molar-refractivity contribution in [3.05, 3.63) is 44.0 Å². The summed E-state index contributed by atoms with van der Waals surface area (Å²) in [5.41, 5.74) is 6.57. The molecule has 10 heteroatoms. The van der Waals surface area contributed by atoms with Gasteiger partial charge in [-0.05, 0) is 22.9 Å². The second kappa shape index (κ2) is 6.03. The van der Waals surface area contributed by atoms with E-state index >= 15 is 0 Å². The van der Waals surface area contributed by atoms with Crippen LogP contribution in [0.4, 0.5) is 10.8 Å². The number of nitroso groups, excluding NO2 is 1. The number of aromatic nitrogens is 3. The Morgan fingerprint density at radius 2 is 2.23 bits per heavy atom. The number of hydrogen-bond donors (Lipinski definition) is 2. The number of hydrogen-bond acceptors (Lipinski definition) is 8. The van der Waals surface area contributed by atoms with Gasteiger partial charge in [0.15, 0.2) is 15.9 Å². The zero-order chi connectivity index (χ0) is 15.7. The van der Waals surface area contributed by atoms with Gasteiger partial charge in [0.05, 0.1) is 0 Å². The third kappa shape index (κ3) is 2.96. The molecule has 112 valence electrons. The molecule has 0 fully saturated rings. The third-order valence-corrected chi connectivity index (χ3v) is 4.80. The number of thioether (sulfide) groups is 1. The van der Waals surface area contributed by atoms with Gasteiger partial charge in [0.2, 0.25) is 0 Å². The van der Waals surface area contributed by atoms with Crippen molar-refractivity contribution >= 4 is 55.9 Å². The highest BCUT2D eigenvalue weighted by atomic mass is 35.5. The molecule has 0 radical (unpaired) electrons. The minimum absolute atomic E-state index is 0.265. The van der Waals surface area contributed by atoms with Crippen LogP contribution in [0.15, 0.2) is 33.3 Å². The van der Waals surface area contributed by atoms with Gasteiger partial charge in [-0.2, -0.15) is 0 Å². The van der Waals surface area contributed by atoms with Crippen LogP contribution in [0.25, 0.3) is 10.3 Å². The van der Waals surface area contributed by atoms with E-state index < -0.39 is 0 Å². The van der Waals surface area contributed by atoms with E-state index in [1.54, 1.807) is 12.1 Å². The number of anilines is 1. The number of thiazole rings is 1. The summed E-state index contributed by atoms with van der Waals surface area (Å²) in [7, 11) is 0. The van der Waals surface area contributed by atoms with E-state index in [1.807, 2.05) is 0 Å². The monoisotopic (exact) mass is 353 g/mol. The van der Waals surface area contributed by atoms with Crippen molar-refractivity contribution in [3.63, 3.8) is 0 Å². The number of H-pyrrole nitrogens is 1. The lowest BCUT2D eigenvalue weighted by atomic mass is 10.2. The molecule has 0 spiro atoms. The summed E-state index contributed by atoms with van der Waals surface area (Å²) in [4.78, 5) is 33.6. The van der Waals surface area contributed by atoms with Crippen LogP contribution >= 0.6 is 34.7 Å². The topological polar surface area (TPSA) is 114 Å². The Labute approximate surface area is 136 Å². The molecule has 0 bridgehead atoms. The number of fused-ring (bicyclic) bond motifs is 1. The van der Waals surface area contributed by atoms with E-state index in [4.69, 9.17) is 17.3 Å². The largest absolute Gasteiger partial charge is 0.375 e. The van der Waals surface area contributed by atoms with Crippen molar-refractivity contribution in [1.82, 2.24) is 15.0 Å². The van der Waals surface area contributed by atoms with Crippen LogP contribution in [-0.2, 0) is 5.75 Å². The maximum atomic E-state index is 11.9. The molecule has 2 heterocycles. The summed E-state index contributed by atoms with van der Waals surface area (Å²) in [5.74, 6) is 0.409. The van der Waals surface area contributed by atoms with Crippen LogP contribution in [0.3, 0.4) is 0 Å². The molecule has 2 aromatic heterocycles. The first-order chi connectivity index (χ1) is 10.6. The van der Waals surface area contributed by atoms with Gasteiger partial charge in [-0.25, -0.2) is 9.97 Å².